The van der Waals surface area contributed by atoms with Crippen molar-refractivity contribution in [2.24, 2.45) is 0 Å². The smallest absolute Gasteiger partial charge is 0.408 e. The van der Waals surface area contributed by atoms with E-state index >= 15 is 0 Å². The fourth-order valence-corrected chi connectivity index (χ4v) is 2.15. The van der Waals surface area contributed by atoms with E-state index in [0.717, 1.165) is 5.56 Å². The number of benzene rings is 1. The van der Waals surface area contributed by atoms with Crippen molar-refractivity contribution in [2.45, 2.75) is 45.1 Å². The molecule has 1 aliphatic heterocycles. The summed E-state index contributed by atoms with van der Waals surface area (Å²) < 4.78 is 16.4. The average molecular weight is 293 g/mol. The molecule has 1 amide bonds. The third-order valence-electron chi connectivity index (χ3n) is 2.98. The van der Waals surface area contributed by atoms with Crippen molar-refractivity contribution in [3.05, 3.63) is 35.9 Å². The second-order valence-electron chi connectivity index (χ2n) is 6.05. The first kappa shape index (κ1) is 15.8. The van der Waals surface area contributed by atoms with E-state index in [9.17, 15) is 4.79 Å². The van der Waals surface area contributed by atoms with E-state index in [2.05, 4.69) is 5.32 Å². The van der Waals surface area contributed by atoms with Gasteiger partial charge >= 0.3 is 6.09 Å². The van der Waals surface area contributed by atoms with Crippen LogP contribution in [-0.2, 0) is 20.6 Å². The molecule has 0 aromatic heterocycles. The maximum atomic E-state index is 12.0. The number of alkyl carbamates (subject to hydrolysis) is 1. The Balaban J connectivity index is 2.00. The highest BCUT2D eigenvalue weighted by molar-refractivity contribution is 5.68. The maximum absolute atomic E-state index is 12.0. The van der Waals surface area contributed by atoms with Gasteiger partial charge in [0, 0.05) is 0 Å². The number of carbonyl (C=O) groups excluding carboxylic acids is 1. The SMILES string of the molecule is CC(C)(C)OC(=O)N[C@H](Cc1ccccc1)C1OCCO1. The van der Waals surface area contributed by atoms with Crippen molar-refractivity contribution in [3.63, 3.8) is 0 Å². The number of rotatable bonds is 4. The van der Waals surface area contributed by atoms with Gasteiger partial charge in [-0.2, -0.15) is 0 Å². The number of nitrogens with one attached hydrogen (secondary N) is 1. The van der Waals surface area contributed by atoms with Crippen molar-refractivity contribution < 1.29 is 19.0 Å². The average Bonchev–Trinajstić information content (AvgIpc) is 2.90. The van der Waals surface area contributed by atoms with Gasteiger partial charge in [-0.25, -0.2) is 4.79 Å². The quantitative estimate of drug-likeness (QED) is 0.926. The molecule has 5 nitrogen and oxygen atoms in total. The zero-order valence-corrected chi connectivity index (χ0v) is 12.8. The Kier molecular flexibility index (Phi) is 5.20. The molecular formula is C16H23NO4. The molecule has 0 unspecified atom stereocenters. The van der Waals surface area contributed by atoms with Gasteiger partial charge in [0.2, 0.25) is 0 Å². The molecule has 2 rings (SSSR count). The van der Waals surface area contributed by atoms with Crippen LogP contribution in [0.2, 0.25) is 0 Å². The Morgan fingerprint density at radius 3 is 2.48 bits per heavy atom. The summed E-state index contributed by atoms with van der Waals surface area (Å²) in [5.74, 6) is 0. The van der Waals surface area contributed by atoms with Gasteiger partial charge in [-0.05, 0) is 32.8 Å². The highest BCUT2D eigenvalue weighted by atomic mass is 16.7. The first-order valence-electron chi connectivity index (χ1n) is 7.21. The van der Waals surface area contributed by atoms with Crippen molar-refractivity contribution in [3.8, 4) is 0 Å². The van der Waals surface area contributed by atoms with E-state index in [1.54, 1.807) is 0 Å². The second kappa shape index (κ2) is 6.91. The lowest BCUT2D eigenvalue weighted by atomic mass is 10.1. The molecule has 1 fully saturated rings. The van der Waals surface area contributed by atoms with Gasteiger partial charge in [-0.3, -0.25) is 0 Å². The Hall–Kier alpha value is -1.59. The summed E-state index contributed by atoms with van der Waals surface area (Å²) in [6, 6.07) is 9.65. The van der Waals surface area contributed by atoms with Crippen molar-refractivity contribution in [1.82, 2.24) is 5.32 Å². The van der Waals surface area contributed by atoms with Crippen LogP contribution in [0.25, 0.3) is 0 Å². The molecule has 1 heterocycles. The van der Waals surface area contributed by atoms with E-state index in [0.29, 0.717) is 19.6 Å². The molecule has 0 aliphatic carbocycles. The van der Waals surface area contributed by atoms with Gasteiger partial charge in [-0.1, -0.05) is 30.3 Å². The highest BCUT2D eigenvalue weighted by Gasteiger charge is 2.30. The van der Waals surface area contributed by atoms with Crippen LogP contribution in [-0.4, -0.2) is 37.2 Å². The fourth-order valence-electron chi connectivity index (χ4n) is 2.15. The summed E-state index contributed by atoms with van der Waals surface area (Å²) in [5, 5.41) is 2.85. The molecule has 1 aromatic rings. The molecule has 1 atom stereocenters. The Morgan fingerprint density at radius 1 is 1.29 bits per heavy atom. The van der Waals surface area contributed by atoms with Crippen molar-refractivity contribution >= 4 is 6.09 Å². The number of hydrogen-bond donors (Lipinski definition) is 1. The van der Waals surface area contributed by atoms with Crippen LogP contribution in [0.4, 0.5) is 4.79 Å². The van der Waals surface area contributed by atoms with Crippen LogP contribution in [0.5, 0.6) is 0 Å². The van der Waals surface area contributed by atoms with Gasteiger partial charge < -0.3 is 19.5 Å². The summed E-state index contributed by atoms with van der Waals surface area (Å²) in [6.07, 6.45) is -0.259. The second-order valence-corrected chi connectivity index (χ2v) is 6.05. The van der Waals surface area contributed by atoms with Gasteiger partial charge in [0.1, 0.15) is 5.60 Å². The molecule has 116 valence electrons. The standard InChI is InChI=1S/C16H23NO4/c1-16(2,3)21-15(18)17-13(14-19-9-10-20-14)11-12-7-5-4-6-8-12/h4-8,13-14H,9-11H2,1-3H3,(H,17,18)/t13-/m1/s1. The molecule has 1 aliphatic rings. The lowest BCUT2D eigenvalue weighted by molar-refractivity contribution is -0.0682. The summed E-state index contributed by atoms with van der Waals surface area (Å²) in [4.78, 5) is 12.0. The third-order valence-corrected chi connectivity index (χ3v) is 2.98. The van der Waals surface area contributed by atoms with E-state index in [-0.39, 0.29) is 6.04 Å². The van der Waals surface area contributed by atoms with Gasteiger partial charge in [0.15, 0.2) is 6.29 Å². The predicted molar refractivity (Wildman–Crippen MR) is 79.0 cm³/mol. The van der Waals surface area contributed by atoms with Crippen molar-refractivity contribution in [2.75, 3.05) is 13.2 Å². The largest absolute Gasteiger partial charge is 0.444 e. The molecule has 21 heavy (non-hydrogen) atoms. The highest BCUT2D eigenvalue weighted by Crippen LogP contribution is 2.15. The molecule has 0 radical (unpaired) electrons. The van der Waals surface area contributed by atoms with E-state index in [4.69, 9.17) is 14.2 Å². The molecule has 0 saturated carbocycles. The number of hydrogen-bond acceptors (Lipinski definition) is 4. The summed E-state index contributed by atoms with van der Waals surface area (Å²) in [7, 11) is 0. The summed E-state index contributed by atoms with van der Waals surface area (Å²) in [5.41, 5.74) is 0.580. The Labute approximate surface area is 125 Å². The van der Waals surface area contributed by atoms with Crippen LogP contribution in [0.15, 0.2) is 30.3 Å². The van der Waals surface area contributed by atoms with Crippen LogP contribution in [0, 0.1) is 0 Å². The monoisotopic (exact) mass is 293 g/mol. The number of ether oxygens (including phenoxy) is 3. The first-order valence-corrected chi connectivity index (χ1v) is 7.21. The van der Waals surface area contributed by atoms with Gasteiger partial charge in [-0.15, -0.1) is 0 Å². The lowest BCUT2D eigenvalue weighted by Gasteiger charge is -2.26. The minimum atomic E-state index is -0.529. The number of amides is 1. The molecule has 1 saturated heterocycles. The maximum Gasteiger partial charge on any atom is 0.408 e. The third kappa shape index (κ3) is 5.36. The van der Waals surface area contributed by atoms with Gasteiger partial charge in [0.25, 0.3) is 0 Å². The van der Waals surface area contributed by atoms with E-state index in [1.165, 1.54) is 0 Å². The molecule has 0 spiro atoms. The van der Waals surface area contributed by atoms with Crippen LogP contribution in [0.3, 0.4) is 0 Å². The van der Waals surface area contributed by atoms with Crippen LogP contribution in [0.1, 0.15) is 26.3 Å². The topological polar surface area (TPSA) is 56.8 Å². The van der Waals surface area contributed by atoms with Crippen LogP contribution < -0.4 is 5.32 Å². The Bertz CT molecular complexity index is 449. The number of carbonyl (C=O) groups is 1. The van der Waals surface area contributed by atoms with Crippen molar-refractivity contribution in [1.29, 1.82) is 0 Å². The van der Waals surface area contributed by atoms with E-state index in [1.807, 2.05) is 51.1 Å². The summed E-state index contributed by atoms with van der Waals surface area (Å²) >= 11 is 0. The minimum absolute atomic E-state index is 0.273. The molecule has 5 heteroatoms. The fraction of sp³-hybridized carbons (Fsp3) is 0.562. The van der Waals surface area contributed by atoms with Gasteiger partial charge in [0.05, 0.1) is 19.3 Å². The first-order chi connectivity index (χ1) is 9.94. The molecular weight excluding hydrogens is 270 g/mol. The molecule has 0 bridgehead atoms. The predicted octanol–water partition coefficient (Wildman–Crippen LogP) is 2.50. The minimum Gasteiger partial charge on any atom is -0.444 e. The molecule has 1 aromatic carbocycles. The summed E-state index contributed by atoms with van der Waals surface area (Å²) in [6.45, 7) is 6.60. The normalized spacial score (nSPS) is 17.5. The van der Waals surface area contributed by atoms with Crippen LogP contribution >= 0.6 is 0 Å². The zero-order chi connectivity index (χ0) is 15.3. The van der Waals surface area contributed by atoms with E-state index < -0.39 is 18.0 Å². The zero-order valence-electron chi connectivity index (χ0n) is 12.8. The molecule has 1 N–H and O–H groups in total. The lowest BCUT2D eigenvalue weighted by Crippen LogP contribution is -2.47. The Morgan fingerprint density at radius 2 is 1.90 bits per heavy atom.